The van der Waals surface area contributed by atoms with Gasteiger partial charge in [0.15, 0.2) is 11.5 Å². The van der Waals surface area contributed by atoms with Crippen molar-refractivity contribution in [3.8, 4) is 0 Å². The third kappa shape index (κ3) is 2.39. The van der Waals surface area contributed by atoms with Crippen molar-refractivity contribution in [3.63, 3.8) is 0 Å². The summed E-state index contributed by atoms with van der Waals surface area (Å²) in [6, 6.07) is 4.47. The first-order valence-electron chi connectivity index (χ1n) is 6.93. The van der Waals surface area contributed by atoms with Gasteiger partial charge in [-0.1, -0.05) is 0 Å². The van der Waals surface area contributed by atoms with Gasteiger partial charge in [-0.3, -0.25) is 0 Å². The van der Waals surface area contributed by atoms with Crippen molar-refractivity contribution in [3.05, 3.63) is 52.9 Å². The Morgan fingerprint density at radius 2 is 2.05 bits per heavy atom. The molecule has 0 fully saturated rings. The molecule has 2 N–H and O–H groups in total. The number of nitrogens with two attached hydrogens (primary N) is 1. The number of fused-ring (bicyclic) bond motifs is 1. The van der Waals surface area contributed by atoms with Gasteiger partial charge in [0, 0.05) is 17.8 Å². The summed E-state index contributed by atoms with van der Waals surface area (Å²) in [4.78, 5) is 4.33. The number of hydrogen-bond acceptors (Lipinski definition) is 2. The van der Waals surface area contributed by atoms with Gasteiger partial charge >= 0.3 is 0 Å². The molecule has 2 aromatic rings. The highest BCUT2D eigenvalue weighted by atomic mass is 19.1. The van der Waals surface area contributed by atoms with Crippen molar-refractivity contribution < 1.29 is 13.4 Å². The van der Waals surface area contributed by atoms with E-state index < -0.39 is 11.6 Å². The third-order valence-electron chi connectivity index (χ3n) is 3.76. The fourth-order valence-electron chi connectivity index (χ4n) is 2.50. The molecule has 0 amide bonds. The minimum Gasteiger partial charge on any atom is -0.396 e. The molecule has 0 bridgehead atoms. The molecule has 21 heavy (non-hydrogen) atoms. The van der Waals surface area contributed by atoms with Crippen LogP contribution < -0.4 is 5.73 Å². The maximum absolute atomic E-state index is 13.8. The molecule has 3 rings (SSSR count). The molecule has 1 aromatic carbocycles. The lowest BCUT2D eigenvalue weighted by atomic mass is 10.0. The van der Waals surface area contributed by atoms with Crippen LogP contribution in [0.25, 0.3) is 0 Å². The third-order valence-corrected chi connectivity index (χ3v) is 3.76. The molecule has 108 valence electrons. The predicted octanol–water partition coefficient (Wildman–Crippen LogP) is 2.82. The zero-order valence-electron chi connectivity index (χ0n) is 11.7. The van der Waals surface area contributed by atoms with E-state index in [0.717, 1.165) is 23.5 Å². The van der Waals surface area contributed by atoms with Gasteiger partial charge in [-0.2, -0.15) is 4.58 Å². The maximum Gasteiger partial charge on any atom is 0.237 e. The molecule has 1 aliphatic heterocycles. The smallest absolute Gasteiger partial charge is 0.237 e. The Morgan fingerprint density at radius 1 is 1.24 bits per heavy atom. The van der Waals surface area contributed by atoms with E-state index >= 15 is 0 Å². The Morgan fingerprint density at radius 3 is 2.81 bits per heavy atom. The van der Waals surface area contributed by atoms with Crippen LogP contribution >= 0.6 is 0 Å². The topological polar surface area (TPSA) is 41.9 Å². The normalized spacial score (nSPS) is 12.6. The number of benzene rings is 1. The minimum atomic E-state index is -0.657. The maximum atomic E-state index is 13.8. The number of nitrogen functional groups attached to an aromatic ring is 1. The largest absolute Gasteiger partial charge is 0.396 e. The van der Waals surface area contributed by atoms with Gasteiger partial charge in [0.2, 0.25) is 11.9 Å². The fraction of sp³-hybridized carbons (Fsp3) is 0.250. The Labute approximate surface area is 121 Å². The van der Waals surface area contributed by atoms with E-state index in [4.69, 9.17) is 5.73 Å². The number of anilines is 1. The second-order valence-corrected chi connectivity index (χ2v) is 5.09. The van der Waals surface area contributed by atoms with Gasteiger partial charge < -0.3 is 5.73 Å². The summed E-state index contributed by atoms with van der Waals surface area (Å²) in [5.74, 6) is -1.21. The van der Waals surface area contributed by atoms with E-state index in [1.807, 2.05) is 12.3 Å². The number of pyridine rings is 1. The first-order valence-corrected chi connectivity index (χ1v) is 6.93. The molecule has 0 spiro atoms. The standard InChI is InChI=1S/C16H16F2N3/c1-2-21-9-14-15(21)7-10(8-20-14)3-4-11-12(17)5-6-13(19)16(11)18/h5-9H,2-4,19H2,1H3/q+1. The highest BCUT2D eigenvalue weighted by Crippen LogP contribution is 2.25. The van der Waals surface area contributed by atoms with Crippen LogP contribution in [-0.4, -0.2) is 22.3 Å². The molecular weight excluding hydrogens is 272 g/mol. The number of nitrogens with zero attached hydrogens (tertiary/aromatic N) is 2. The van der Waals surface area contributed by atoms with Crippen molar-refractivity contribution in [1.82, 2.24) is 4.98 Å². The van der Waals surface area contributed by atoms with Crippen molar-refractivity contribution in [1.29, 1.82) is 0 Å². The molecule has 1 aromatic heterocycles. The van der Waals surface area contributed by atoms with E-state index in [0.29, 0.717) is 6.42 Å². The SMILES string of the molecule is CC[N+]1=Cc2ncc(CCc3c(F)ccc(N)c3F)cc21. The second kappa shape index (κ2) is 5.24. The Bertz CT molecular complexity index is 739. The van der Waals surface area contributed by atoms with Crippen LogP contribution in [0.1, 0.15) is 23.7 Å². The van der Waals surface area contributed by atoms with E-state index in [9.17, 15) is 8.78 Å². The lowest BCUT2D eigenvalue weighted by Crippen LogP contribution is -2.20. The molecule has 3 nitrogen and oxygen atoms in total. The van der Waals surface area contributed by atoms with Crippen LogP contribution in [0.2, 0.25) is 0 Å². The highest BCUT2D eigenvalue weighted by molar-refractivity contribution is 5.86. The molecule has 5 heteroatoms. The predicted molar refractivity (Wildman–Crippen MR) is 78.0 cm³/mol. The molecule has 0 saturated heterocycles. The van der Waals surface area contributed by atoms with Crippen LogP contribution in [0.3, 0.4) is 0 Å². The van der Waals surface area contributed by atoms with Crippen LogP contribution in [0.4, 0.5) is 20.2 Å². The number of aryl methyl sites for hydroxylation is 1. The lowest BCUT2D eigenvalue weighted by Gasteiger charge is -2.12. The first kappa shape index (κ1) is 13.7. The summed E-state index contributed by atoms with van der Waals surface area (Å²) in [6.45, 7) is 2.94. The van der Waals surface area contributed by atoms with Crippen molar-refractivity contribution in [2.24, 2.45) is 0 Å². The summed E-state index contributed by atoms with van der Waals surface area (Å²) in [6.07, 6.45) is 4.52. The summed E-state index contributed by atoms with van der Waals surface area (Å²) in [5, 5.41) is 0. The number of hydrogen-bond donors (Lipinski definition) is 1. The van der Waals surface area contributed by atoms with Crippen molar-refractivity contribution in [2.45, 2.75) is 19.8 Å². The zero-order valence-corrected chi connectivity index (χ0v) is 11.7. The van der Waals surface area contributed by atoms with Gasteiger partial charge in [-0.05, 0) is 37.5 Å². The van der Waals surface area contributed by atoms with Gasteiger partial charge in [-0.15, -0.1) is 0 Å². The molecular formula is C16H16F2N3+. The average Bonchev–Trinajstić information content (AvgIpc) is 2.46. The van der Waals surface area contributed by atoms with Crippen LogP contribution in [0, 0.1) is 11.6 Å². The average molecular weight is 288 g/mol. The zero-order chi connectivity index (χ0) is 15.0. The van der Waals surface area contributed by atoms with Gasteiger partial charge in [0.05, 0.1) is 5.69 Å². The van der Waals surface area contributed by atoms with Crippen molar-refractivity contribution >= 4 is 17.6 Å². The second-order valence-electron chi connectivity index (χ2n) is 5.09. The Hall–Kier alpha value is -2.30. The first-order chi connectivity index (χ1) is 10.1. The van der Waals surface area contributed by atoms with Crippen molar-refractivity contribution in [2.75, 3.05) is 12.3 Å². The summed E-state index contributed by atoms with van der Waals surface area (Å²) < 4.78 is 29.6. The van der Waals surface area contributed by atoms with Crippen LogP contribution in [-0.2, 0) is 12.8 Å². The molecule has 2 heterocycles. The number of rotatable bonds is 4. The molecule has 0 unspecified atom stereocenters. The summed E-state index contributed by atoms with van der Waals surface area (Å²) in [7, 11) is 0. The Kier molecular flexibility index (Phi) is 3.41. The molecule has 0 atom stereocenters. The van der Waals surface area contributed by atoms with Crippen LogP contribution in [0.15, 0.2) is 24.4 Å². The summed E-state index contributed by atoms with van der Waals surface area (Å²) >= 11 is 0. The number of aromatic nitrogens is 1. The van der Waals surface area contributed by atoms with E-state index in [2.05, 4.69) is 16.5 Å². The Balaban J connectivity index is 1.78. The fourth-order valence-corrected chi connectivity index (χ4v) is 2.50. The lowest BCUT2D eigenvalue weighted by molar-refractivity contribution is -0.443. The highest BCUT2D eigenvalue weighted by Gasteiger charge is 2.25. The quantitative estimate of drug-likeness (QED) is 0.694. The monoisotopic (exact) mass is 288 g/mol. The summed E-state index contributed by atoms with van der Waals surface area (Å²) in [5.41, 5.74) is 8.49. The molecule has 1 aliphatic rings. The molecule has 0 aliphatic carbocycles. The van der Waals surface area contributed by atoms with Crippen LogP contribution in [0.5, 0.6) is 0 Å². The molecule has 0 saturated carbocycles. The van der Waals surface area contributed by atoms with Gasteiger partial charge in [-0.25, -0.2) is 13.8 Å². The number of halogens is 2. The van der Waals surface area contributed by atoms with Gasteiger partial charge in [0.25, 0.3) is 0 Å². The van der Waals surface area contributed by atoms with E-state index in [1.165, 1.54) is 12.1 Å². The minimum absolute atomic E-state index is 0.0200. The van der Waals surface area contributed by atoms with E-state index in [1.54, 1.807) is 6.20 Å². The van der Waals surface area contributed by atoms with Gasteiger partial charge in [0.1, 0.15) is 12.4 Å². The van der Waals surface area contributed by atoms with E-state index in [-0.39, 0.29) is 17.7 Å². The molecule has 0 radical (unpaired) electrons.